The van der Waals surface area contributed by atoms with Gasteiger partial charge in [0.05, 0.1) is 4.90 Å². The molecule has 0 saturated carbocycles. The van der Waals surface area contributed by atoms with Gasteiger partial charge < -0.3 is 5.73 Å². The third-order valence-electron chi connectivity index (χ3n) is 3.58. The summed E-state index contributed by atoms with van der Waals surface area (Å²) in [6.45, 7) is 2.46. The van der Waals surface area contributed by atoms with E-state index in [1.807, 2.05) is 19.1 Å². The van der Waals surface area contributed by atoms with Gasteiger partial charge in [0, 0.05) is 6.04 Å². The summed E-state index contributed by atoms with van der Waals surface area (Å²) < 4.78 is 27.2. The summed E-state index contributed by atoms with van der Waals surface area (Å²) in [5.74, 6) is 0. The van der Waals surface area contributed by atoms with E-state index in [9.17, 15) is 8.42 Å². The van der Waals surface area contributed by atoms with Crippen LogP contribution in [0.5, 0.6) is 0 Å². The fourth-order valence-electron chi connectivity index (χ4n) is 2.53. The molecule has 0 saturated heterocycles. The van der Waals surface area contributed by atoms with E-state index in [2.05, 4.69) is 4.72 Å². The molecule has 0 spiro atoms. The van der Waals surface area contributed by atoms with Gasteiger partial charge in [-0.3, -0.25) is 0 Å². The van der Waals surface area contributed by atoms with Gasteiger partial charge in [0.25, 0.3) is 0 Å². The quantitative estimate of drug-likeness (QED) is 0.832. The Morgan fingerprint density at radius 3 is 2.79 bits per heavy atom. The number of fused-ring (bicyclic) bond motifs is 1. The maximum atomic E-state index is 12.3. The van der Waals surface area contributed by atoms with Crippen LogP contribution in [0.4, 0.5) is 0 Å². The highest BCUT2D eigenvalue weighted by molar-refractivity contribution is 7.89. The number of rotatable bonds is 6. The zero-order valence-electron chi connectivity index (χ0n) is 11.4. The molecule has 5 heteroatoms. The molecule has 0 bridgehead atoms. The van der Waals surface area contributed by atoms with Gasteiger partial charge in [0.1, 0.15) is 0 Å². The number of nitrogens with one attached hydrogen (secondary N) is 1. The second-order valence-corrected chi connectivity index (χ2v) is 6.95. The standard InChI is InChI=1S/C14H22N2O2S/c1-11(4-3-9-15)16-19(17,18)14-8-7-12-5-2-6-13(12)10-14/h7-8,10-11,16H,2-6,9,15H2,1H3. The van der Waals surface area contributed by atoms with Crippen LogP contribution in [0.25, 0.3) is 0 Å². The lowest BCUT2D eigenvalue weighted by Crippen LogP contribution is -2.33. The normalized spacial score (nSPS) is 16.3. The maximum absolute atomic E-state index is 12.3. The summed E-state index contributed by atoms with van der Waals surface area (Å²) in [4.78, 5) is 0.382. The average molecular weight is 282 g/mol. The Kier molecular flexibility index (Phi) is 4.60. The molecule has 0 radical (unpaired) electrons. The van der Waals surface area contributed by atoms with Crippen LogP contribution in [0.15, 0.2) is 23.1 Å². The third kappa shape index (κ3) is 3.55. The lowest BCUT2D eigenvalue weighted by Gasteiger charge is -2.14. The fourth-order valence-corrected chi connectivity index (χ4v) is 3.86. The molecule has 1 aliphatic carbocycles. The molecule has 1 aromatic rings. The molecule has 2 rings (SSSR count). The summed E-state index contributed by atoms with van der Waals surface area (Å²) in [5, 5.41) is 0. The molecule has 4 nitrogen and oxygen atoms in total. The highest BCUT2D eigenvalue weighted by atomic mass is 32.2. The minimum atomic E-state index is -3.40. The first-order chi connectivity index (χ1) is 9.03. The van der Waals surface area contributed by atoms with Gasteiger partial charge in [-0.25, -0.2) is 13.1 Å². The second kappa shape index (κ2) is 6.03. The minimum Gasteiger partial charge on any atom is -0.330 e. The molecule has 3 N–H and O–H groups in total. The van der Waals surface area contributed by atoms with Gasteiger partial charge in [-0.15, -0.1) is 0 Å². The molecule has 19 heavy (non-hydrogen) atoms. The predicted octanol–water partition coefficient (Wildman–Crippen LogP) is 1.58. The Bertz CT molecular complexity index is 540. The molecular weight excluding hydrogens is 260 g/mol. The van der Waals surface area contributed by atoms with Crippen molar-refractivity contribution in [3.05, 3.63) is 29.3 Å². The SMILES string of the molecule is CC(CCCN)NS(=O)(=O)c1ccc2c(c1)CCC2. The van der Waals surface area contributed by atoms with Crippen molar-refractivity contribution in [2.45, 2.75) is 50.0 Å². The van der Waals surface area contributed by atoms with Crippen molar-refractivity contribution in [1.29, 1.82) is 0 Å². The Balaban J connectivity index is 2.11. The van der Waals surface area contributed by atoms with E-state index in [4.69, 9.17) is 5.73 Å². The number of aryl methyl sites for hydroxylation is 2. The van der Waals surface area contributed by atoms with E-state index in [1.165, 1.54) is 11.1 Å². The van der Waals surface area contributed by atoms with Gasteiger partial charge in [-0.2, -0.15) is 0 Å². The van der Waals surface area contributed by atoms with Crippen molar-refractivity contribution < 1.29 is 8.42 Å². The Morgan fingerprint density at radius 2 is 2.05 bits per heavy atom. The second-order valence-electron chi connectivity index (χ2n) is 5.24. The van der Waals surface area contributed by atoms with E-state index < -0.39 is 10.0 Å². The van der Waals surface area contributed by atoms with Gasteiger partial charge in [0.2, 0.25) is 10.0 Å². The fraction of sp³-hybridized carbons (Fsp3) is 0.571. The molecule has 1 unspecified atom stereocenters. The zero-order valence-corrected chi connectivity index (χ0v) is 12.2. The monoisotopic (exact) mass is 282 g/mol. The summed E-state index contributed by atoms with van der Waals surface area (Å²) >= 11 is 0. The molecular formula is C14H22N2O2S. The van der Waals surface area contributed by atoms with Crippen LogP contribution in [-0.4, -0.2) is 21.0 Å². The van der Waals surface area contributed by atoms with Crippen LogP contribution >= 0.6 is 0 Å². The van der Waals surface area contributed by atoms with E-state index in [0.717, 1.165) is 32.1 Å². The Morgan fingerprint density at radius 1 is 1.32 bits per heavy atom. The van der Waals surface area contributed by atoms with Gasteiger partial charge in [-0.05, 0) is 68.8 Å². The molecule has 0 heterocycles. The molecule has 0 aromatic heterocycles. The highest BCUT2D eigenvalue weighted by Crippen LogP contribution is 2.24. The lowest BCUT2D eigenvalue weighted by molar-refractivity contribution is 0.539. The van der Waals surface area contributed by atoms with Gasteiger partial charge in [-0.1, -0.05) is 6.07 Å². The van der Waals surface area contributed by atoms with E-state index in [0.29, 0.717) is 11.4 Å². The predicted molar refractivity (Wildman–Crippen MR) is 76.5 cm³/mol. The van der Waals surface area contributed by atoms with Crippen molar-refractivity contribution in [2.75, 3.05) is 6.54 Å². The van der Waals surface area contributed by atoms with Crippen LogP contribution in [0, 0.1) is 0 Å². The molecule has 1 atom stereocenters. The average Bonchev–Trinajstić information content (AvgIpc) is 2.82. The Hall–Kier alpha value is -0.910. The smallest absolute Gasteiger partial charge is 0.240 e. The van der Waals surface area contributed by atoms with Gasteiger partial charge in [0.15, 0.2) is 0 Å². The molecule has 0 fully saturated rings. The van der Waals surface area contributed by atoms with E-state index in [-0.39, 0.29) is 6.04 Å². The summed E-state index contributed by atoms with van der Waals surface area (Å²) in [7, 11) is -3.40. The molecule has 0 aliphatic heterocycles. The zero-order chi connectivity index (χ0) is 13.9. The highest BCUT2D eigenvalue weighted by Gasteiger charge is 2.20. The number of benzene rings is 1. The van der Waals surface area contributed by atoms with Crippen LogP contribution in [0.2, 0.25) is 0 Å². The van der Waals surface area contributed by atoms with Crippen molar-refractivity contribution in [1.82, 2.24) is 4.72 Å². The first kappa shape index (κ1) is 14.5. The number of hydrogen-bond acceptors (Lipinski definition) is 3. The molecule has 0 amide bonds. The van der Waals surface area contributed by atoms with Crippen molar-refractivity contribution >= 4 is 10.0 Å². The third-order valence-corrected chi connectivity index (χ3v) is 5.17. The van der Waals surface area contributed by atoms with Crippen molar-refractivity contribution in [3.8, 4) is 0 Å². The van der Waals surface area contributed by atoms with Gasteiger partial charge >= 0.3 is 0 Å². The lowest BCUT2D eigenvalue weighted by atomic mass is 10.1. The molecule has 1 aliphatic rings. The molecule has 106 valence electrons. The first-order valence-electron chi connectivity index (χ1n) is 6.87. The van der Waals surface area contributed by atoms with E-state index in [1.54, 1.807) is 6.07 Å². The maximum Gasteiger partial charge on any atom is 0.240 e. The largest absolute Gasteiger partial charge is 0.330 e. The van der Waals surface area contributed by atoms with Crippen molar-refractivity contribution in [3.63, 3.8) is 0 Å². The van der Waals surface area contributed by atoms with Crippen LogP contribution < -0.4 is 10.5 Å². The summed E-state index contributed by atoms with van der Waals surface area (Å²) in [6.07, 6.45) is 4.77. The number of hydrogen-bond donors (Lipinski definition) is 2. The first-order valence-corrected chi connectivity index (χ1v) is 8.35. The Labute approximate surface area is 115 Å². The summed E-state index contributed by atoms with van der Waals surface area (Å²) in [6, 6.07) is 5.39. The van der Waals surface area contributed by atoms with Crippen LogP contribution in [0.1, 0.15) is 37.3 Å². The minimum absolute atomic E-state index is 0.0817. The van der Waals surface area contributed by atoms with Crippen molar-refractivity contribution in [2.24, 2.45) is 5.73 Å². The summed E-state index contributed by atoms with van der Waals surface area (Å²) in [5.41, 5.74) is 7.90. The molecule has 1 aromatic carbocycles. The number of sulfonamides is 1. The number of nitrogens with two attached hydrogens (primary N) is 1. The van der Waals surface area contributed by atoms with Crippen LogP contribution in [0.3, 0.4) is 0 Å². The topological polar surface area (TPSA) is 72.2 Å². The van der Waals surface area contributed by atoms with Crippen LogP contribution in [-0.2, 0) is 22.9 Å². The van der Waals surface area contributed by atoms with E-state index >= 15 is 0 Å².